The summed E-state index contributed by atoms with van der Waals surface area (Å²) in [6.45, 7) is -0.647. The summed E-state index contributed by atoms with van der Waals surface area (Å²) in [5.41, 5.74) is -0.141. The van der Waals surface area contributed by atoms with E-state index in [2.05, 4.69) is 0 Å². The van der Waals surface area contributed by atoms with Gasteiger partial charge in [-0.2, -0.15) is 0 Å². The molecule has 5 atom stereocenters. The van der Waals surface area contributed by atoms with Gasteiger partial charge in [0.25, 0.3) is 0 Å². The predicted molar refractivity (Wildman–Crippen MR) is 129 cm³/mol. The SMILES string of the molecule is COc1cccc(-c2cc(=O)c3c(O[C@@H]4O[C@H](CO)[C@H](O)[C@@H](O)[C@H]4O)cc(OC)c(OC)c3o2)c1OC. The molecule has 12 heteroatoms. The molecule has 4 rings (SSSR count). The third kappa shape index (κ3) is 4.65. The molecular formula is C25H28O12. The van der Waals surface area contributed by atoms with Crippen molar-refractivity contribution in [2.75, 3.05) is 35.0 Å². The minimum Gasteiger partial charge on any atom is -0.493 e. The molecular weight excluding hydrogens is 492 g/mol. The highest BCUT2D eigenvalue weighted by Crippen LogP contribution is 2.44. The summed E-state index contributed by atoms with van der Waals surface area (Å²) in [4.78, 5) is 13.4. The van der Waals surface area contributed by atoms with Crippen molar-refractivity contribution in [2.24, 2.45) is 0 Å². The van der Waals surface area contributed by atoms with Crippen LogP contribution in [-0.2, 0) is 4.74 Å². The van der Waals surface area contributed by atoms with Crippen LogP contribution in [0.1, 0.15) is 0 Å². The number of para-hydroxylation sites is 1. The van der Waals surface area contributed by atoms with E-state index in [1.807, 2.05) is 0 Å². The number of fused-ring (bicyclic) bond motifs is 1. The van der Waals surface area contributed by atoms with E-state index in [-0.39, 0.29) is 34.0 Å². The lowest BCUT2D eigenvalue weighted by atomic mass is 9.99. The van der Waals surface area contributed by atoms with Crippen LogP contribution in [0.15, 0.2) is 39.5 Å². The normalized spacial score (nSPS) is 23.5. The van der Waals surface area contributed by atoms with Crippen LogP contribution >= 0.6 is 0 Å². The van der Waals surface area contributed by atoms with Gasteiger partial charge >= 0.3 is 0 Å². The first kappa shape index (κ1) is 26.5. The Balaban J connectivity index is 1.90. The number of hydrogen-bond acceptors (Lipinski definition) is 12. The molecule has 1 fully saturated rings. The zero-order valence-electron chi connectivity index (χ0n) is 20.5. The lowest BCUT2D eigenvalue weighted by Crippen LogP contribution is -2.60. The van der Waals surface area contributed by atoms with Crippen molar-refractivity contribution >= 4 is 11.0 Å². The van der Waals surface area contributed by atoms with Crippen molar-refractivity contribution in [3.05, 3.63) is 40.6 Å². The topological polar surface area (TPSA) is 167 Å². The number of aliphatic hydroxyl groups excluding tert-OH is 4. The highest BCUT2D eigenvalue weighted by molar-refractivity contribution is 5.92. The minimum atomic E-state index is -1.70. The monoisotopic (exact) mass is 520 g/mol. The number of methoxy groups -OCH3 is 4. The summed E-state index contributed by atoms with van der Waals surface area (Å²) in [6.07, 6.45) is -7.71. The van der Waals surface area contributed by atoms with Crippen LogP contribution in [0.3, 0.4) is 0 Å². The molecule has 2 heterocycles. The summed E-state index contributed by atoms with van der Waals surface area (Å²) in [5, 5.41) is 40.0. The van der Waals surface area contributed by atoms with Crippen LogP contribution < -0.4 is 29.1 Å². The number of ether oxygens (including phenoxy) is 6. The highest BCUT2D eigenvalue weighted by atomic mass is 16.7. The van der Waals surface area contributed by atoms with Crippen LogP contribution in [0, 0.1) is 0 Å². The van der Waals surface area contributed by atoms with Gasteiger partial charge in [0.2, 0.25) is 12.0 Å². The van der Waals surface area contributed by atoms with Crippen molar-refractivity contribution in [1.29, 1.82) is 0 Å². The first-order valence-corrected chi connectivity index (χ1v) is 11.2. The van der Waals surface area contributed by atoms with Crippen LogP contribution in [0.2, 0.25) is 0 Å². The molecule has 1 aliphatic heterocycles. The van der Waals surface area contributed by atoms with Gasteiger partial charge in [0.05, 0.1) is 40.6 Å². The molecule has 0 amide bonds. The lowest BCUT2D eigenvalue weighted by molar-refractivity contribution is -0.277. The Morgan fingerprint density at radius 2 is 1.54 bits per heavy atom. The molecule has 0 unspecified atom stereocenters. The Hall–Kier alpha value is -3.55. The van der Waals surface area contributed by atoms with Gasteiger partial charge in [-0.1, -0.05) is 6.07 Å². The summed E-state index contributed by atoms with van der Waals surface area (Å²) in [6, 6.07) is 7.65. The summed E-state index contributed by atoms with van der Waals surface area (Å²) in [7, 11) is 5.67. The third-order valence-corrected chi connectivity index (χ3v) is 6.07. The Labute approximate surface area is 211 Å². The average molecular weight is 520 g/mol. The molecule has 12 nitrogen and oxygen atoms in total. The lowest BCUT2D eigenvalue weighted by Gasteiger charge is -2.39. The van der Waals surface area contributed by atoms with E-state index in [1.54, 1.807) is 18.2 Å². The zero-order valence-corrected chi connectivity index (χ0v) is 20.5. The molecule has 1 aromatic heterocycles. The van der Waals surface area contributed by atoms with E-state index in [0.29, 0.717) is 17.1 Å². The maximum Gasteiger partial charge on any atom is 0.229 e. The second-order valence-electron chi connectivity index (χ2n) is 8.15. The Kier molecular flexibility index (Phi) is 7.76. The number of benzene rings is 2. The molecule has 200 valence electrons. The number of hydrogen-bond donors (Lipinski definition) is 4. The quantitative estimate of drug-likeness (QED) is 0.328. The fraction of sp³-hybridized carbons (Fsp3) is 0.400. The van der Waals surface area contributed by atoms with E-state index < -0.39 is 42.7 Å². The summed E-state index contributed by atoms with van der Waals surface area (Å²) >= 11 is 0. The van der Waals surface area contributed by atoms with E-state index >= 15 is 0 Å². The maximum atomic E-state index is 13.4. The van der Waals surface area contributed by atoms with E-state index in [1.165, 1.54) is 40.6 Å². The van der Waals surface area contributed by atoms with Crippen molar-refractivity contribution in [3.8, 4) is 40.1 Å². The molecule has 4 N–H and O–H groups in total. The standard InChI is InChI=1S/C25H28O12/c1-31-13-7-5-6-11(22(13)33-3)14-8-12(27)18-15(9-16(32-2)23(34-4)24(18)35-14)36-25-21(30)20(29)19(28)17(10-26)37-25/h5-9,17,19-21,25-26,28-30H,10H2,1-4H3/t17-,19+,20-,21-,25-/m1/s1. The molecule has 3 aromatic rings. The molecule has 1 saturated heterocycles. The zero-order chi connectivity index (χ0) is 26.9. The van der Waals surface area contributed by atoms with Gasteiger partial charge in [-0.15, -0.1) is 0 Å². The van der Waals surface area contributed by atoms with Crippen LogP contribution in [0.25, 0.3) is 22.3 Å². The second-order valence-corrected chi connectivity index (χ2v) is 8.15. The maximum absolute atomic E-state index is 13.4. The van der Waals surface area contributed by atoms with Gasteiger partial charge < -0.3 is 53.3 Å². The molecule has 0 bridgehead atoms. The third-order valence-electron chi connectivity index (χ3n) is 6.07. The number of aliphatic hydroxyl groups is 4. The predicted octanol–water partition coefficient (Wildman–Crippen LogP) is 0.673. The van der Waals surface area contributed by atoms with Crippen molar-refractivity contribution < 1.29 is 53.3 Å². The van der Waals surface area contributed by atoms with Crippen molar-refractivity contribution in [1.82, 2.24) is 0 Å². The van der Waals surface area contributed by atoms with E-state index in [9.17, 15) is 25.2 Å². The smallest absolute Gasteiger partial charge is 0.229 e. The molecule has 0 radical (unpaired) electrons. The second kappa shape index (κ2) is 10.8. The number of rotatable bonds is 8. The highest BCUT2D eigenvalue weighted by Gasteiger charge is 2.45. The fourth-order valence-electron chi connectivity index (χ4n) is 4.20. The first-order valence-electron chi connectivity index (χ1n) is 11.2. The van der Waals surface area contributed by atoms with E-state index in [0.717, 1.165) is 0 Å². The molecule has 0 aliphatic carbocycles. The molecule has 1 aliphatic rings. The Bertz CT molecular complexity index is 1320. The molecule has 2 aromatic carbocycles. The Morgan fingerprint density at radius 3 is 2.16 bits per heavy atom. The fourth-order valence-corrected chi connectivity index (χ4v) is 4.20. The Morgan fingerprint density at radius 1 is 0.838 bits per heavy atom. The van der Waals surface area contributed by atoms with Crippen LogP contribution in [0.5, 0.6) is 28.7 Å². The van der Waals surface area contributed by atoms with Gasteiger partial charge in [0.15, 0.2) is 28.3 Å². The van der Waals surface area contributed by atoms with Gasteiger partial charge in [-0.3, -0.25) is 4.79 Å². The van der Waals surface area contributed by atoms with Crippen molar-refractivity contribution in [2.45, 2.75) is 30.7 Å². The van der Waals surface area contributed by atoms with Gasteiger partial charge in [-0.05, 0) is 12.1 Å². The minimum absolute atomic E-state index is 0.0335. The van der Waals surface area contributed by atoms with Gasteiger partial charge in [-0.25, -0.2) is 0 Å². The first-order chi connectivity index (χ1) is 17.8. The van der Waals surface area contributed by atoms with Gasteiger partial charge in [0.1, 0.15) is 41.3 Å². The average Bonchev–Trinajstić information content (AvgIpc) is 2.91. The van der Waals surface area contributed by atoms with Crippen LogP contribution in [0.4, 0.5) is 0 Å². The largest absolute Gasteiger partial charge is 0.493 e. The molecule has 0 spiro atoms. The van der Waals surface area contributed by atoms with Gasteiger partial charge in [0, 0.05) is 12.1 Å². The molecule has 37 heavy (non-hydrogen) atoms. The summed E-state index contributed by atoms with van der Waals surface area (Å²) in [5.74, 6) is 1.01. The summed E-state index contributed by atoms with van der Waals surface area (Å²) < 4.78 is 39.0. The van der Waals surface area contributed by atoms with Crippen molar-refractivity contribution in [3.63, 3.8) is 0 Å². The molecule has 0 saturated carbocycles. The van der Waals surface area contributed by atoms with Crippen LogP contribution in [-0.4, -0.2) is 86.2 Å². The van der Waals surface area contributed by atoms with E-state index in [4.69, 9.17) is 32.8 Å².